The molecule has 9 nitrogen and oxygen atoms in total. The fourth-order valence-corrected chi connectivity index (χ4v) is 8.79. The second-order valence-electron chi connectivity index (χ2n) is 13.4. The maximum Gasteiger partial charge on any atom is 0.169 e. The van der Waals surface area contributed by atoms with Gasteiger partial charge in [0.05, 0.1) is 42.7 Å². The molecule has 4 aromatic carbocycles. The average molecular weight is 665 g/mol. The summed E-state index contributed by atoms with van der Waals surface area (Å²) >= 11 is 0. The van der Waals surface area contributed by atoms with Crippen LogP contribution in [0.4, 0.5) is 0 Å². The van der Waals surface area contributed by atoms with Gasteiger partial charge in [0.15, 0.2) is 34.5 Å². The first-order valence-corrected chi connectivity index (χ1v) is 16.9. The van der Waals surface area contributed by atoms with Crippen molar-refractivity contribution in [1.82, 2.24) is 9.80 Å². The van der Waals surface area contributed by atoms with Crippen LogP contribution in [-0.2, 0) is 25.7 Å². The van der Waals surface area contributed by atoms with Crippen molar-refractivity contribution < 1.29 is 33.2 Å². The maximum absolute atomic E-state index is 6.97. The van der Waals surface area contributed by atoms with Crippen LogP contribution in [0.3, 0.4) is 0 Å². The lowest BCUT2D eigenvalue weighted by Gasteiger charge is -2.41. The molecule has 8 rings (SSSR count). The molecule has 0 bridgehead atoms. The third kappa shape index (κ3) is 4.66. The zero-order chi connectivity index (χ0) is 34.1. The lowest BCUT2D eigenvalue weighted by molar-refractivity contribution is 0.225. The number of methoxy groups -OCH3 is 6. The molecule has 4 aromatic rings. The van der Waals surface area contributed by atoms with Crippen LogP contribution in [0.25, 0.3) is 22.3 Å². The van der Waals surface area contributed by atoms with Gasteiger partial charge in [-0.1, -0.05) is 0 Å². The highest BCUT2D eigenvalue weighted by Crippen LogP contribution is 2.58. The minimum atomic E-state index is 0.154. The molecule has 2 atom stereocenters. The predicted octanol–water partition coefficient (Wildman–Crippen LogP) is 7.03. The molecule has 4 aliphatic rings. The second kappa shape index (κ2) is 12.1. The van der Waals surface area contributed by atoms with Crippen LogP contribution in [0, 0.1) is 0 Å². The molecule has 0 fully saturated rings. The summed E-state index contributed by atoms with van der Waals surface area (Å²) in [4.78, 5) is 4.87. The molecule has 2 aliphatic carbocycles. The van der Waals surface area contributed by atoms with Crippen LogP contribution in [0.5, 0.6) is 46.0 Å². The van der Waals surface area contributed by atoms with Gasteiger partial charge in [0.25, 0.3) is 0 Å². The van der Waals surface area contributed by atoms with E-state index in [-0.39, 0.29) is 12.1 Å². The van der Waals surface area contributed by atoms with Gasteiger partial charge < -0.3 is 33.2 Å². The zero-order valence-corrected chi connectivity index (χ0v) is 29.6. The van der Waals surface area contributed by atoms with E-state index in [0.717, 1.165) is 95.3 Å². The number of hydrogen-bond donors (Lipinski definition) is 0. The molecule has 0 amide bonds. The summed E-state index contributed by atoms with van der Waals surface area (Å²) in [5, 5.41) is 0. The van der Waals surface area contributed by atoms with Crippen molar-refractivity contribution in [2.24, 2.45) is 0 Å². The molecule has 0 unspecified atom stereocenters. The lowest BCUT2D eigenvalue weighted by atomic mass is 9.76. The number of benzene rings is 4. The third-order valence-electron chi connectivity index (χ3n) is 11.2. The molecular formula is C40H44N2O7. The standard InChI is InChI=1S/C40H44N2O7/c1-41-13-11-21-16-32(45-5)39(47-7)37-24-20-30(44-4)31(18-23(24)15-26(41)34(21)37)49-28-9-10-29(43-3)36-25(28)19-27-35-22(12-14-42(27)2)17-33(46-6)40(48-8)38(35)36/h9-10,16-18,20,26-27H,11-15,19H2,1-8H3/t26-,27-/m1/s1. The molecule has 0 aromatic heterocycles. The summed E-state index contributed by atoms with van der Waals surface area (Å²) in [6.07, 6.45) is 3.51. The summed E-state index contributed by atoms with van der Waals surface area (Å²) in [6, 6.07) is 12.9. The highest BCUT2D eigenvalue weighted by atomic mass is 16.5. The Morgan fingerprint density at radius 2 is 1.04 bits per heavy atom. The number of ether oxygens (including phenoxy) is 7. The van der Waals surface area contributed by atoms with Crippen molar-refractivity contribution in [2.75, 3.05) is 69.8 Å². The Morgan fingerprint density at radius 3 is 1.63 bits per heavy atom. The Balaban J connectivity index is 1.31. The lowest BCUT2D eigenvalue weighted by Crippen LogP contribution is -2.36. The SMILES string of the molecule is COc1cc2c(cc1Oc1ccc(OC)c3c1C[C@@H]1c4c(cc(OC)c(OC)c4-3)CCN1C)C[C@@H]1c3c(cc(OC)c(OC)c3-2)CCN1C. The van der Waals surface area contributed by atoms with Crippen LogP contribution in [0.15, 0.2) is 36.4 Å². The third-order valence-corrected chi connectivity index (χ3v) is 11.2. The molecule has 256 valence electrons. The molecule has 0 spiro atoms. The van der Waals surface area contributed by atoms with E-state index in [1.807, 2.05) is 12.1 Å². The first kappa shape index (κ1) is 31.7. The van der Waals surface area contributed by atoms with Crippen molar-refractivity contribution in [1.29, 1.82) is 0 Å². The number of fused-ring (bicyclic) bond motifs is 4. The number of hydrogen-bond acceptors (Lipinski definition) is 9. The molecule has 0 N–H and O–H groups in total. The Bertz CT molecular complexity index is 1990. The molecule has 49 heavy (non-hydrogen) atoms. The minimum absolute atomic E-state index is 0.154. The largest absolute Gasteiger partial charge is 0.496 e. The van der Waals surface area contributed by atoms with Crippen molar-refractivity contribution in [3.05, 3.63) is 69.8 Å². The Hall–Kier alpha value is -4.60. The number of nitrogens with zero attached hydrogens (tertiary/aromatic N) is 2. The topological polar surface area (TPSA) is 71.1 Å². The fraction of sp³-hybridized carbons (Fsp3) is 0.400. The summed E-state index contributed by atoms with van der Waals surface area (Å²) in [6.45, 7) is 1.93. The highest BCUT2D eigenvalue weighted by Gasteiger charge is 2.40. The van der Waals surface area contributed by atoms with Crippen molar-refractivity contribution in [2.45, 2.75) is 37.8 Å². The van der Waals surface area contributed by atoms with Gasteiger partial charge in [-0.2, -0.15) is 0 Å². The summed E-state index contributed by atoms with van der Waals surface area (Å²) in [5.74, 6) is 5.78. The molecule has 2 aliphatic heterocycles. The monoisotopic (exact) mass is 664 g/mol. The fourth-order valence-electron chi connectivity index (χ4n) is 8.79. The van der Waals surface area contributed by atoms with Crippen molar-refractivity contribution in [3.8, 4) is 68.2 Å². The molecule has 0 radical (unpaired) electrons. The van der Waals surface area contributed by atoms with Crippen LogP contribution >= 0.6 is 0 Å². The summed E-state index contributed by atoms with van der Waals surface area (Å²) < 4.78 is 42.9. The van der Waals surface area contributed by atoms with E-state index < -0.39 is 0 Å². The zero-order valence-electron chi connectivity index (χ0n) is 29.6. The van der Waals surface area contributed by atoms with Gasteiger partial charge >= 0.3 is 0 Å². The van der Waals surface area contributed by atoms with E-state index >= 15 is 0 Å². The van der Waals surface area contributed by atoms with Gasteiger partial charge in [0.2, 0.25) is 0 Å². The molecule has 2 heterocycles. The van der Waals surface area contributed by atoms with Crippen LogP contribution in [-0.4, -0.2) is 79.6 Å². The smallest absolute Gasteiger partial charge is 0.169 e. The molecular weight excluding hydrogens is 620 g/mol. The van der Waals surface area contributed by atoms with E-state index in [9.17, 15) is 0 Å². The molecule has 9 heteroatoms. The predicted molar refractivity (Wildman–Crippen MR) is 189 cm³/mol. The van der Waals surface area contributed by atoms with Crippen molar-refractivity contribution >= 4 is 0 Å². The van der Waals surface area contributed by atoms with E-state index in [4.69, 9.17) is 33.2 Å². The molecule has 0 saturated heterocycles. The Labute approximate surface area is 288 Å². The highest BCUT2D eigenvalue weighted by molar-refractivity contribution is 5.89. The van der Waals surface area contributed by atoms with E-state index in [0.29, 0.717) is 17.2 Å². The second-order valence-corrected chi connectivity index (χ2v) is 13.4. The first-order valence-electron chi connectivity index (χ1n) is 16.9. The Kier molecular flexibility index (Phi) is 7.80. The first-order chi connectivity index (χ1) is 23.8. The number of likely N-dealkylation sites (N-methyl/N-ethyl adjacent to an activating group) is 2. The van der Waals surface area contributed by atoms with E-state index in [2.05, 4.69) is 48.2 Å². The van der Waals surface area contributed by atoms with Gasteiger partial charge in [0, 0.05) is 47.4 Å². The average Bonchev–Trinajstić information content (AvgIpc) is 3.13. The van der Waals surface area contributed by atoms with Gasteiger partial charge in [-0.3, -0.25) is 9.80 Å². The van der Waals surface area contributed by atoms with Crippen LogP contribution in [0.2, 0.25) is 0 Å². The summed E-state index contributed by atoms with van der Waals surface area (Å²) in [7, 11) is 14.6. The van der Waals surface area contributed by atoms with E-state index in [1.54, 1.807) is 42.7 Å². The maximum atomic E-state index is 6.97. The Morgan fingerprint density at radius 1 is 0.510 bits per heavy atom. The quantitative estimate of drug-likeness (QED) is 0.197. The minimum Gasteiger partial charge on any atom is -0.496 e. The normalized spacial score (nSPS) is 18.8. The summed E-state index contributed by atoms with van der Waals surface area (Å²) in [5.41, 5.74) is 11.6. The van der Waals surface area contributed by atoms with E-state index in [1.165, 1.54) is 27.8 Å². The van der Waals surface area contributed by atoms with Gasteiger partial charge in [-0.05, 0) is 110 Å². The molecule has 0 saturated carbocycles. The van der Waals surface area contributed by atoms with Crippen molar-refractivity contribution in [3.63, 3.8) is 0 Å². The van der Waals surface area contributed by atoms with Gasteiger partial charge in [-0.25, -0.2) is 0 Å². The van der Waals surface area contributed by atoms with Crippen LogP contribution < -0.4 is 33.2 Å². The number of rotatable bonds is 8. The van der Waals surface area contributed by atoms with Gasteiger partial charge in [0.1, 0.15) is 11.5 Å². The van der Waals surface area contributed by atoms with Crippen LogP contribution in [0.1, 0.15) is 45.5 Å². The van der Waals surface area contributed by atoms with Gasteiger partial charge in [-0.15, -0.1) is 0 Å².